The Labute approximate surface area is 105 Å². The van der Waals surface area contributed by atoms with Crippen LogP contribution >= 0.6 is 0 Å². The molecule has 0 spiro atoms. The molecule has 1 atom stereocenters. The number of piperidine rings is 1. The van der Waals surface area contributed by atoms with Crippen LogP contribution in [0, 0.1) is 12.8 Å². The molecule has 2 nitrogen and oxygen atoms in total. The summed E-state index contributed by atoms with van der Waals surface area (Å²) in [7, 11) is 0. The second-order valence-electron chi connectivity index (χ2n) is 5.28. The molecule has 0 amide bonds. The Balaban J connectivity index is 2.02. The second-order valence-corrected chi connectivity index (χ2v) is 5.28. The van der Waals surface area contributed by atoms with Gasteiger partial charge in [-0.2, -0.15) is 0 Å². The zero-order valence-corrected chi connectivity index (χ0v) is 11.1. The van der Waals surface area contributed by atoms with Gasteiger partial charge >= 0.3 is 0 Å². The molecule has 1 heterocycles. The topological polar surface area (TPSA) is 29.3 Å². The molecule has 2 N–H and O–H groups in total. The van der Waals surface area contributed by atoms with Gasteiger partial charge in [-0.1, -0.05) is 25.5 Å². The van der Waals surface area contributed by atoms with Gasteiger partial charge in [0, 0.05) is 18.8 Å². The molecule has 2 heteroatoms. The fraction of sp³-hybridized carbons (Fsp3) is 0.600. The molecule has 1 fully saturated rings. The van der Waals surface area contributed by atoms with Gasteiger partial charge in [0.1, 0.15) is 0 Å². The predicted octanol–water partition coefficient (Wildman–Crippen LogP) is 3.20. The van der Waals surface area contributed by atoms with E-state index in [4.69, 9.17) is 5.73 Å². The zero-order valence-electron chi connectivity index (χ0n) is 11.1. The monoisotopic (exact) mass is 232 g/mol. The van der Waals surface area contributed by atoms with Gasteiger partial charge in [-0.05, 0) is 49.4 Å². The zero-order chi connectivity index (χ0) is 12.3. The summed E-state index contributed by atoms with van der Waals surface area (Å²) < 4.78 is 0. The predicted molar refractivity (Wildman–Crippen MR) is 73.9 cm³/mol. The lowest BCUT2D eigenvalue weighted by atomic mass is 9.95. The number of hydrogen-bond donors (Lipinski definition) is 1. The first-order valence-corrected chi connectivity index (χ1v) is 6.77. The van der Waals surface area contributed by atoms with E-state index in [1.54, 1.807) is 0 Å². The molecule has 0 bridgehead atoms. The van der Waals surface area contributed by atoms with Crippen LogP contribution in [0.25, 0.3) is 0 Å². The minimum absolute atomic E-state index is 0.894. The Morgan fingerprint density at radius 3 is 3.00 bits per heavy atom. The number of hydrogen-bond acceptors (Lipinski definition) is 2. The summed E-state index contributed by atoms with van der Waals surface area (Å²) in [6, 6.07) is 6.27. The van der Waals surface area contributed by atoms with Crippen molar-refractivity contribution < 1.29 is 0 Å². The highest BCUT2D eigenvalue weighted by Gasteiger charge is 2.18. The third-order valence-corrected chi connectivity index (χ3v) is 4.06. The number of benzene rings is 1. The number of rotatable bonds is 3. The van der Waals surface area contributed by atoms with Gasteiger partial charge in [-0.3, -0.25) is 4.90 Å². The number of nitrogen functional groups attached to an aromatic ring is 1. The first-order chi connectivity index (χ1) is 8.20. The molecular formula is C15H24N2. The van der Waals surface area contributed by atoms with Crippen LogP contribution < -0.4 is 5.73 Å². The van der Waals surface area contributed by atoms with Crippen molar-refractivity contribution in [3.63, 3.8) is 0 Å². The highest BCUT2D eigenvalue weighted by molar-refractivity contribution is 5.49. The maximum absolute atomic E-state index is 5.96. The van der Waals surface area contributed by atoms with Crippen molar-refractivity contribution in [3.8, 4) is 0 Å². The molecule has 1 saturated heterocycles. The average molecular weight is 232 g/mol. The third-order valence-electron chi connectivity index (χ3n) is 4.06. The standard InChI is InChI=1S/C15H24N2/c1-3-13-6-5-9-17(10-13)11-14-7-4-8-15(16)12(14)2/h4,7-8,13H,3,5-6,9-11,16H2,1-2H3. The fourth-order valence-electron chi connectivity index (χ4n) is 2.74. The SMILES string of the molecule is CCC1CCCN(Cc2cccc(N)c2C)C1. The largest absolute Gasteiger partial charge is 0.399 e. The lowest BCUT2D eigenvalue weighted by Gasteiger charge is -2.32. The van der Waals surface area contributed by atoms with E-state index in [0.717, 1.165) is 18.2 Å². The number of nitrogens with two attached hydrogens (primary N) is 1. The Hall–Kier alpha value is -1.02. The summed E-state index contributed by atoms with van der Waals surface area (Å²) in [5.41, 5.74) is 9.53. The van der Waals surface area contributed by atoms with Gasteiger partial charge in [0.05, 0.1) is 0 Å². The maximum Gasteiger partial charge on any atom is 0.0346 e. The summed E-state index contributed by atoms with van der Waals surface area (Å²) >= 11 is 0. The van der Waals surface area contributed by atoms with Gasteiger partial charge < -0.3 is 5.73 Å². The molecule has 0 saturated carbocycles. The van der Waals surface area contributed by atoms with E-state index >= 15 is 0 Å². The summed E-state index contributed by atoms with van der Waals surface area (Å²) in [5.74, 6) is 0.894. The van der Waals surface area contributed by atoms with Crippen molar-refractivity contribution in [1.29, 1.82) is 0 Å². The van der Waals surface area contributed by atoms with E-state index in [1.807, 2.05) is 6.07 Å². The quantitative estimate of drug-likeness (QED) is 0.811. The molecule has 1 aliphatic rings. The smallest absolute Gasteiger partial charge is 0.0346 e. The van der Waals surface area contributed by atoms with E-state index < -0.39 is 0 Å². The summed E-state index contributed by atoms with van der Waals surface area (Å²) in [6.45, 7) is 7.99. The molecule has 0 aromatic heterocycles. The minimum Gasteiger partial charge on any atom is -0.399 e. The van der Waals surface area contributed by atoms with Crippen LogP contribution in [0.4, 0.5) is 5.69 Å². The van der Waals surface area contributed by atoms with Crippen molar-refractivity contribution in [3.05, 3.63) is 29.3 Å². The number of likely N-dealkylation sites (tertiary alicyclic amines) is 1. The highest BCUT2D eigenvalue weighted by atomic mass is 15.1. The summed E-state index contributed by atoms with van der Waals surface area (Å²) in [6.07, 6.45) is 4.06. The van der Waals surface area contributed by atoms with E-state index in [1.165, 1.54) is 43.5 Å². The molecule has 0 radical (unpaired) electrons. The van der Waals surface area contributed by atoms with Crippen LogP contribution in [0.1, 0.15) is 37.3 Å². The Bertz CT molecular complexity index is 373. The molecular weight excluding hydrogens is 208 g/mol. The summed E-state index contributed by atoms with van der Waals surface area (Å²) in [4.78, 5) is 2.58. The minimum atomic E-state index is 0.894. The second kappa shape index (κ2) is 5.54. The molecule has 1 aromatic rings. The summed E-state index contributed by atoms with van der Waals surface area (Å²) in [5, 5.41) is 0. The lowest BCUT2D eigenvalue weighted by Crippen LogP contribution is -2.34. The normalized spacial score (nSPS) is 21.6. The molecule has 1 unspecified atom stereocenters. The van der Waals surface area contributed by atoms with Gasteiger partial charge in [0.2, 0.25) is 0 Å². The van der Waals surface area contributed by atoms with E-state index in [2.05, 4.69) is 30.9 Å². The highest BCUT2D eigenvalue weighted by Crippen LogP contribution is 2.23. The first-order valence-electron chi connectivity index (χ1n) is 6.77. The van der Waals surface area contributed by atoms with E-state index in [9.17, 15) is 0 Å². The van der Waals surface area contributed by atoms with E-state index in [0.29, 0.717) is 0 Å². The van der Waals surface area contributed by atoms with Gasteiger partial charge in [0.25, 0.3) is 0 Å². The number of nitrogens with zero attached hydrogens (tertiary/aromatic N) is 1. The van der Waals surface area contributed by atoms with Crippen LogP contribution in [0.2, 0.25) is 0 Å². The maximum atomic E-state index is 5.96. The Morgan fingerprint density at radius 1 is 1.41 bits per heavy atom. The average Bonchev–Trinajstić information content (AvgIpc) is 2.35. The van der Waals surface area contributed by atoms with Crippen molar-refractivity contribution >= 4 is 5.69 Å². The Morgan fingerprint density at radius 2 is 2.24 bits per heavy atom. The molecule has 0 aliphatic carbocycles. The Kier molecular flexibility index (Phi) is 4.06. The van der Waals surface area contributed by atoms with Crippen molar-refractivity contribution in [2.75, 3.05) is 18.8 Å². The van der Waals surface area contributed by atoms with Crippen LogP contribution in [-0.2, 0) is 6.54 Å². The lowest BCUT2D eigenvalue weighted by molar-refractivity contribution is 0.164. The first kappa shape index (κ1) is 12.4. The molecule has 2 rings (SSSR count). The van der Waals surface area contributed by atoms with Gasteiger partial charge in [0.15, 0.2) is 0 Å². The van der Waals surface area contributed by atoms with E-state index in [-0.39, 0.29) is 0 Å². The van der Waals surface area contributed by atoms with Crippen LogP contribution in [0.15, 0.2) is 18.2 Å². The van der Waals surface area contributed by atoms with Crippen molar-refractivity contribution in [2.24, 2.45) is 5.92 Å². The van der Waals surface area contributed by atoms with Crippen LogP contribution in [0.3, 0.4) is 0 Å². The fourth-order valence-corrected chi connectivity index (χ4v) is 2.74. The molecule has 17 heavy (non-hydrogen) atoms. The number of anilines is 1. The van der Waals surface area contributed by atoms with Crippen LogP contribution in [0.5, 0.6) is 0 Å². The van der Waals surface area contributed by atoms with Crippen molar-refractivity contribution in [1.82, 2.24) is 4.90 Å². The van der Waals surface area contributed by atoms with Gasteiger partial charge in [-0.15, -0.1) is 0 Å². The van der Waals surface area contributed by atoms with Gasteiger partial charge in [-0.25, -0.2) is 0 Å². The molecule has 1 aliphatic heterocycles. The third kappa shape index (κ3) is 3.01. The molecule has 1 aromatic carbocycles. The van der Waals surface area contributed by atoms with Crippen molar-refractivity contribution in [2.45, 2.75) is 39.7 Å². The van der Waals surface area contributed by atoms with Crippen LogP contribution in [-0.4, -0.2) is 18.0 Å². The molecule has 94 valence electrons.